The molecule has 2 aromatic rings. The number of carbonyl (C=O) groups excluding carboxylic acids is 1. The van der Waals surface area contributed by atoms with Gasteiger partial charge in [0.2, 0.25) is 0 Å². The van der Waals surface area contributed by atoms with Crippen molar-refractivity contribution in [2.24, 2.45) is 0 Å². The maximum Gasteiger partial charge on any atom is 0.154 e. The van der Waals surface area contributed by atoms with Gasteiger partial charge in [0.1, 0.15) is 0 Å². The molecular weight excluding hydrogens is 379 g/mol. The molecule has 2 aromatic carbocycles. The molecule has 21 heavy (non-hydrogen) atoms. The Kier molecular flexibility index (Phi) is 6.68. The van der Waals surface area contributed by atoms with Gasteiger partial charge in [-0.1, -0.05) is 63.4 Å². The first kappa shape index (κ1) is 18.0. The molecule has 0 bridgehead atoms. The highest BCUT2D eigenvalue weighted by Gasteiger charge is 2.33. The first-order valence-corrected chi connectivity index (χ1v) is 8.12. The van der Waals surface area contributed by atoms with E-state index < -0.39 is 11.6 Å². The van der Waals surface area contributed by atoms with Crippen molar-refractivity contribution in [2.75, 3.05) is 5.83 Å². The zero-order valence-electron chi connectivity index (χ0n) is 11.0. The van der Waals surface area contributed by atoms with Gasteiger partial charge in [-0.25, -0.2) is 0 Å². The van der Waals surface area contributed by atoms with Crippen molar-refractivity contribution < 1.29 is 15.0 Å². The van der Waals surface area contributed by atoms with Crippen molar-refractivity contribution in [1.29, 1.82) is 0 Å². The molecule has 0 fully saturated rings. The maximum atomic E-state index is 11.4. The molecule has 0 aliphatic heterocycles. The summed E-state index contributed by atoms with van der Waals surface area (Å²) in [6.45, 7) is 0. The molecule has 0 radical (unpaired) electrons. The molecular formula is C15H12BrCl2O3-. The predicted molar refractivity (Wildman–Crippen MR) is 85.8 cm³/mol. The first-order valence-electron chi connectivity index (χ1n) is 5.78. The van der Waals surface area contributed by atoms with Gasteiger partial charge in [-0.15, -0.1) is 0 Å². The lowest BCUT2D eigenvalue weighted by Gasteiger charge is -2.30. The van der Waals surface area contributed by atoms with Crippen molar-refractivity contribution >= 4 is 45.1 Å². The average molecular weight is 391 g/mol. The summed E-state index contributed by atoms with van der Waals surface area (Å²) < 4.78 is 0. The zero-order chi connectivity index (χ0) is 16.0. The fraction of sp³-hybridized carbons (Fsp3) is 0.133. The van der Waals surface area contributed by atoms with E-state index >= 15 is 0 Å². The van der Waals surface area contributed by atoms with Gasteiger partial charge in [0.25, 0.3) is 0 Å². The number of carbonyl (C=O) groups is 1. The fourth-order valence-electron chi connectivity index (χ4n) is 1.83. The van der Waals surface area contributed by atoms with Crippen LogP contribution in [-0.4, -0.2) is 16.9 Å². The summed E-state index contributed by atoms with van der Waals surface area (Å²) in [6.07, 6.45) is 0. The van der Waals surface area contributed by atoms with Crippen LogP contribution >= 0.6 is 39.1 Å². The highest BCUT2D eigenvalue weighted by atomic mass is 79.9. The smallest absolute Gasteiger partial charge is 0.154 e. The normalized spacial score (nSPS) is 10.5. The fourth-order valence-corrected chi connectivity index (χ4v) is 2.21. The largest absolute Gasteiger partial charge is 0.546 e. The van der Waals surface area contributed by atoms with Crippen LogP contribution in [0.1, 0.15) is 11.1 Å². The van der Waals surface area contributed by atoms with E-state index in [0.29, 0.717) is 10.0 Å². The Morgan fingerprint density at radius 1 is 1.05 bits per heavy atom. The predicted octanol–water partition coefficient (Wildman–Crippen LogP) is 2.99. The second-order valence-electron chi connectivity index (χ2n) is 4.02. The Hall–Kier alpha value is -1.07. The third-order valence-electron chi connectivity index (χ3n) is 2.78. The van der Waals surface area contributed by atoms with Gasteiger partial charge in [0.15, 0.2) is 5.60 Å². The number of aliphatic carboxylic acids is 1. The lowest BCUT2D eigenvalue weighted by atomic mass is 9.86. The van der Waals surface area contributed by atoms with Crippen LogP contribution in [0.15, 0.2) is 48.5 Å². The van der Waals surface area contributed by atoms with E-state index in [1.807, 2.05) is 5.83 Å². The number of alkyl halides is 1. The monoisotopic (exact) mass is 389 g/mol. The number of carboxylic acid groups (broad SMARTS) is 1. The van der Waals surface area contributed by atoms with Gasteiger partial charge < -0.3 is 15.0 Å². The summed E-state index contributed by atoms with van der Waals surface area (Å²) >= 11 is 14.6. The summed E-state index contributed by atoms with van der Waals surface area (Å²) in [5.41, 5.74) is -2.07. The van der Waals surface area contributed by atoms with Crippen LogP contribution < -0.4 is 5.11 Å². The summed E-state index contributed by atoms with van der Waals surface area (Å²) in [4.78, 5) is 11.4. The van der Waals surface area contributed by atoms with Crippen LogP contribution in [0, 0.1) is 0 Å². The summed E-state index contributed by atoms with van der Waals surface area (Å²) in [5.74, 6) is 0.171. The number of aliphatic hydroxyl groups is 1. The number of rotatable bonds is 3. The van der Waals surface area contributed by atoms with E-state index in [-0.39, 0.29) is 11.1 Å². The number of carboxylic acids is 1. The van der Waals surface area contributed by atoms with Crippen LogP contribution in [0.3, 0.4) is 0 Å². The molecule has 0 aromatic heterocycles. The van der Waals surface area contributed by atoms with E-state index in [9.17, 15) is 15.0 Å². The molecule has 0 saturated heterocycles. The van der Waals surface area contributed by atoms with Crippen molar-refractivity contribution in [1.82, 2.24) is 0 Å². The quantitative estimate of drug-likeness (QED) is 0.819. The number of halogens is 3. The molecule has 0 atom stereocenters. The van der Waals surface area contributed by atoms with Crippen LogP contribution in [0.25, 0.3) is 0 Å². The second kappa shape index (κ2) is 7.80. The van der Waals surface area contributed by atoms with Crippen molar-refractivity contribution in [3.05, 3.63) is 69.7 Å². The van der Waals surface area contributed by atoms with Gasteiger partial charge in [0.05, 0.1) is 5.97 Å². The van der Waals surface area contributed by atoms with E-state index in [4.69, 9.17) is 23.2 Å². The van der Waals surface area contributed by atoms with Gasteiger partial charge >= 0.3 is 0 Å². The Morgan fingerprint density at radius 3 is 1.71 bits per heavy atom. The zero-order valence-corrected chi connectivity index (χ0v) is 14.1. The molecule has 0 spiro atoms. The molecule has 0 aliphatic carbocycles. The van der Waals surface area contributed by atoms with Crippen molar-refractivity contribution in [3.8, 4) is 0 Å². The minimum absolute atomic E-state index is 0.113. The molecule has 2 rings (SSSR count). The van der Waals surface area contributed by atoms with Crippen molar-refractivity contribution in [3.63, 3.8) is 0 Å². The maximum absolute atomic E-state index is 11.4. The van der Waals surface area contributed by atoms with Crippen LogP contribution in [-0.2, 0) is 10.4 Å². The second-order valence-corrected chi connectivity index (χ2v) is 4.89. The lowest BCUT2D eigenvalue weighted by molar-refractivity contribution is -0.322. The minimum atomic E-state index is -2.30. The van der Waals surface area contributed by atoms with Gasteiger partial charge in [-0.2, -0.15) is 0 Å². The molecule has 1 N–H and O–H groups in total. The Bertz CT molecular complexity index is 586. The van der Waals surface area contributed by atoms with Crippen LogP contribution in [0.2, 0.25) is 10.0 Å². The first-order chi connectivity index (χ1) is 9.94. The number of benzene rings is 2. The molecule has 112 valence electrons. The average Bonchev–Trinajstić information content (AvgIpc) is 2.48. The molecule has 0 saturated carbocycles. The Balaban J connectivity index is 0.00000106. The topological polar surface area (TPSA) is 60.4 Å². The van der Waals surface area contributed by atoms with E-state index in [1.54, 1.807) is 24.3 Å². The van der Waals surface area contributed by atoms with Crippen LogP contribution in [0.5, 0.6) is 0 Å². The highest BCUT2D eigenvalue weighted by molar-refractivity contribution is 9.08. The summed E-state index contributed by atoms with van der Waals surface area (Å²) in [7, 11) is 0. The van der Waals surface area contributed by atoms with E-state index in [1.165, 1.54) is 24.3 Å². The molecule has 0 aliphatic rings. The van der Waals surface area contributed by atoms with Crippen LogP contribution in [0.4, 0.5) is 0 Å². The third kappa shape index (κ3) is 3.98. The van der Waals surface area contributed by atoms with Gasteiger partial charge in [-0.3, -0.25) is 0 Å². The Morgan fingerprint density at radius 2 is 1.43 bits per heavy atom. The van der Waals surface area contributed by atoms with Crippen molar-refractivity contribution in [2.45, 2.75) is 5.60 Å². The molecule has 0 heterocycles. The van der Waals surface area contributed by atoms with E-state index in [0.717, 1.165) is 0 Å². The highest BCUT2D eigenvalue weighted by Crippen LogP contribution is 2.32. The number of hydrogen-bond donors (Lipinski definition) is 1. The molecule has 0 amide bonds. The third-order valence-corrected chi connectivity index (χ3v) is 3.25. The molecule has 0 unspecified atom stereocenters. The van der Waals surface area contributed by atoms with Gasteiger partial charge in [0, 0.05) is 10.0 Å². The van der Waals surface area contributed by atoms with Gasteiger partial charge in [-0.05, 0) is 41.2 Å². The SMILES string of the molecule is CBr.O=C([O-])C(O)(c1cccc(Cl)c1)c1cccc(Cl)c1. The number of hydrogen-bond acceptors (Lipinski definition) is 3. The standard InChI is InChI=1S/C14H10Cl2O3.CH3Br/c15-11-5-1-3-9(7-11)14(19,13(17)18)10-4-2-6-12(16)8-10;1-2/h1-8,19H,(H,17,18);1H3/p-1. The minimum Gasteiger partial charge on any atom is -0.546 e. The Labute approximate surface area is 141 Å². The summed E-state index contributed by atoms with van der Waals surface area (Å²) in [6, 6.07) is 11.9. The molecule has 3 nitrogen and oxygen atoms in total. The van der Waals surface area contributed by atoms with E-state index in [2.05, 4.69) is 15.9 Å². The lowest BCUT2D eigenvalue weighted by Crippen LogP contribution is -2.46. The molecule has 6 heteroatoms. The summed E-state index contributed by atoms with van der Waals surface area (Å²) in [5, 5.41) is 22.5.